The summed E-state index contributed by atoms with van der Waals surface area (Å²) < 4.78 is 5.52. The topological polar surface area (TPSA) is 46.3 Å². The smallest absolute Gasteiger partial charge is 0.181 e. The lowest BCUT2D eigenvalue weighted by Crippen LogP contribution is -2.47. The van der Waals surface area contributed by atoms with Gasteiger partial charge in [0.1, 0.15) is 11.5 Å². The maximum Gasteiger partial charge on any atom is 0.181 e. The van der Waals surface area contributed by atoms with Crippen LogP contribution in [0.15, 0.2) is 10.8 Å². The monoisotopic (exact) mass is 247 g/mol. The molecule has 1 heterocycles. The van der Waals surface area contributed by atoms with Gasteiger partial charge in [0.25, 0.3) is 0 Å². The number of aromatic nitrogens is 1. The molecule has 0 unspecified atom stereocenters. The fourth-order valence-electron chi connectivity index (χ4n) is 5.41. The highest BCUT2D eigenvalue weighted by Crippen LogP contribution is 2.61. The maximum atomic E-state index is 9.30. The zero-order chi connectivity index (χ0) is 12.2. The van der Waals surface area contributed by atoms with Crippen molar-refractivity contribution in [2.45, 2.75) is 51.6 Å². The quantitative estimate of drug-likeness (QED) is 0.893. The van der Waals surface area contributed by atoms with E-state index in [1.807, 2.05) is 0 Å². The number of aliphatic hydroxyl groups is 1. The summed E-state index contributed by atoms with van der Waals surface area (Å²) in [5.74, 6) is 3.85. The van der Waals surface area contributed by atoms with Crippen molar-refractivity contribution in [3.63, 3.8) is 0 Å². The lowest BCUT2D eigenvalue weighted by molar-refractivity contribution is -0.0546. The lowest BCUT2D eigenvalue weighted by atomic mass is 9.48. The van der Waals surface area contributed by atoms with Crippen LogP contribution in [-0.4, -0.2) is 10.1 Å². The molecule has 5 rings (SSSR count). The first-order valence-electron chi connectivity index (χ1n) is 7.28. The standard InChI is InChI=1S/C15H21NO2/c17-8-13-14(18-9-16-13)7-15-4-10-1-11(5-15)3-12(2-10)6-15/h9-12,17H,1-8H2. The van der Waals surface area contributed by atoms with Gasteiger partial charge in [-0.3, -0.25) is 0 Å². The van der Waals surface area contributed by atoms with Crippen LogP contribution in [0.5, 0.6) is 0 Å². The van der Waals surface area contributed by atoms with Crippen LogP contribution in [0.2, 0.25) is 0 Å². The summed E-state index contributed by atoms with van der Waals surface area (Å²) in [7, 11) is 0. The van der Waals surface area contributed by atoms with Crippen LogP contribution in [0.4, 0.5) is 0 Å². The first-order valence-corrected chi connectivity index (χ1v) is 7.28. The summed E-state index contributed by atoms with van der Waals surface area (Å²) in [6.07, 6.45) is 11.1. The van der Waals surface area contributed by atoms with Gasteiger partial charge >= 0.3 is 0 Å². The number of nitrogens with zero attached hydrogens (tertiary/aromatic N) is 1. The third-order valence-corrected chi connectivity index (χ3v) is 5.58. The van der Waals surface area contributed by atoms with Gasteiger partial charge in [0, 0.05) is 6.42 Å². The minimum atomic E-state index is 0.0121. The molecule has 0 atom stereocenters. The molecule has 98 valence electrons. The third-order valence-electron chi connectivity index (χ3n) is 5.58. The molecule has 0 aromatic carbocycles. The average Bonchev–Trinajstić information content (AvgIpc) is 2.73. The van der Waals surface area contributed by atoms with E-state index in [1.54, 1.807) is 0 Å². The van der Waals surface area contributed by atoms with E-state index in [0.29, 0.717) is 5.41 Å². The molecule has 0 radical (unpaired) electrons. The van der Waals surface area contributed by atoms with Crippen molar-refractivity contribution in [1.29, 1.82) is 0 Å². The second-order valence-corrected chi connectivity index (χ2v) is 6.97. The lowest BCUT2D eigenvalue weighted by Gasteiger charge is -2.56. The molecule has 0 aliphatic heterocycles. The second kappa shape index (κ2) is 3.83. The van der Waals surface area contributed by atoms with E-state index in [1.165, 1.54) is 44.9 Å². The average molecular weight is 247 g/mol. The summed E-state index contributed by atoms with van der Waals surface area (Å²) in [4.78, 5) is 4.12. The van der Waals surface area contributed by atoms with Gasteiger partial charge in [0.05, 0.1) is 6.61 Å². The molecule has 1 aromatic heterocycles. The fraction of sp³-hybridized carbons (Fsp3) is 0.800. The van der Waals surface area contributed by atoms with Gasteiger partial charge < -0.3 is 9.52 Å². The minimum absolute atomic E-state index is 0.0121. The summed E-state index contributed by atoms with van der Waals surface area (Å²) in [6.45, 7) is 0.0121. The Bertz CT molecular complexity index is 416. The van der Waals surface area contributed by atoms with E-state index in [0.717, 1.165) is 35.6 Å². The van der Waals surface area contributed by atoms with Gasteiger partial charge in [0.2, 0.25) is 0 Å². The van der Waals surface area contributed by atoms with E-state index in [4.69, 9.17) is 4.42 Å². The minimum Gasteiger partial charge on any atom is -0.448 e. The van der Waals surface area contributed by atoms with Gasteiger partial charge in [-0.25, -0.2) is 4.98 Å². The van der Waals surface area contributed by atoms with E-state index >= 15 is 0 Å². The number of hydrogen-bond acceptors (Lipinski definition) is 3. The predicted molar refractivity (Wildman–Crippen MR) is 66.7 cm³/mol. The van der Waals surface area contributed by atoms with Crippen molar-refractivity contribution < 1.29 is 9.52 Å². The molecule has 18 heavy (non-hydrogen) atoms. The number of hydrogen-bond donors (Lipinski definition) is 1. The first-order chi connectivity index (χ1) is 8.76. The highest BCUT2D eigenvalue weighted by Gasteiger charge is 2.51. The maximum absolute atomic E-state index is 9.30. The molecule has 0 saturated heterocycles. The molecule has 3 nitrogen and oxygen atoms in total. The van der Waals surface area contributed by atoms with Crippen LogP contribution < -0.4 is 0 Å². The molecule has 4 bridgehead atoms. The van der Waals surface area contributed by atoms with E-state index in [9.17, 15) is 5.11 Å². The van der Waals surface area contributed by atoms with Crippen LogP contribution in [-0.2, 0) is 13.0 Å². The highest BCUT2D eigenvalue weighted by molar-refractivity contribution is 5.12. The molecule has 1 N–H and O–H groups in total. The van der Waals surface area contributed by atoms with E-state index in [2.05, 4.69) is 4.98 Å². The normalized spacial score (nSPS) is 41.5. The molecule has 0 amide bonds. The Kier molecular flexibility index (Phi) is 2.35. The molecule has 4 aliphatic carbocycles. The van der Waals surface area contributed by atoms with Crippen molar-refractivity contribution in [2.24, 2.45) is 23.2 Å². The Hall–Kier alpha value is -0.830. The van der Waals surface area contributed by atoms with Crippen molar-refractivity contribution >= 4 is 0 Å². The molecule has 1 aromatic rings. The molecule has 4 aliphatic rings. The van der Waals surface area contributed by atoms with Crippen LogP contribution >= 0.6 is 0 Å². The van der Waals surface area contributed by atoms with Crippen LogP contribution in [0.25, 0.3) is 0 Å². The Morgan fingerprint density at radius 3 is 2.33 bits per heavy atom. The fourth-order valence-corrected chi connectivity index (χ4v) is 5.41. The Balaban J connectivity index is 1.61. The van der Waals surface area contributed by atoms with Gasteiger partial charge in [-0.05, 0) is 61.7 Å². The summed E-state index contributed by atoms with van der Waals surface area (Å²) >= 11 is 0. The van der Waals surface area contributed by atoms with Crippen molar-refractivity contribution in [2.75, 3.05) is 0 Å². The van der Waals surface area contributed by atoms with Gasteiger partial charge in [-0.2, -0.15) is 0 Å². The van der Waals surface area contributed by atoms with E-state index < -0.39 is 0 Å². The van der Waals surface area contributed by atoms with Crippen molar-refractivity contribution in [3.8, 4) is 0 Å². The Morgan fingerprint density at radius 1 is 1.17 bits per heavy atom. The highest BCUT2D eigenvalue weighted by atomic mass is 16.3. The van der Waals surface area contributed by atoms with Gasteiger partial charge in [0.15, 0.2) is 6.39 Å². The van der Waals surface area contributed by atoms with Crippen LogP contribution in [0.1, 0.15) is 50.0 Å². The zero-order valence-corrected chi connectivity index (χ0v) is 10.8. The van der Waals surface area contributed by atoms with Crippen molar-refractivity contribution in [1.82, 2.24) is 4.98 Å². The Morgan fingerprint density at radius 2 is 1.78 bits per heavy atom. The van der Waals surface area contributed by atoms with E-state index in [-0.39, 0.29) is 6.61 Å². The molecular formula is C15H21NO2. The summed E-state index contributed by atoms with van der Waals surface area (Å²) in [5, 5.41) is 9.30. The summed E-state index contributed by atoms with van der Waals surface area (Å²) in [6, 6.07) is 0. The van der Waals surface area contributed by atoms with Crippen LogP contribution in [0.3, 0.4) is 0 Å². The molecule has 0 spiro atoms. The number of oxazole rings is 1. The predicted octanol–water partition coefficient (Wildman–Crippen LogP) is 2.93. The van der Waals surface area contributed by atoms with Crippen molar-refractivity contribution in [3.05, 3.63) is 17.8 Å². The number of rotatable bonds is 3. The molecule has 4 saturated carbocycles. The first kappa shape index (κ1) is 11.0. The Labute approximate surface area is 108 Å². The molecule has 4 fully saturated rings. The number of aliphatic hydroxyl groups excluding tert-OH is 1. The van der Waals surface area contributed by atoms with Gasteiger partial charge in [-0.15, -0.1) is 0 Å². The SMILES string of the molecule is OCc1ncoc1CC12CC3CC(CC(C3)C1)C2. The summed E-state index contributed by atoms with van der Waals surface area (Å²) in [5.41, 5.74) is 1.23. The van der Waals surface area contributed by atoms with Gasteiger partial charge in [-0.1, -0.05) is 0 Å². The molecular weight excluding hydrogens is 226 g/mol. The third kappa shape index (κ3) is 1.63. The zero-order valence-electron chi connectivity index (χ0n) is 10.8. The largest absolute Gasteiger partial charge is 0.448 e. The van der Waals surface area contributed by atoms with Crippen LogP contribution in [0, 0.1) is 23.2 Å². The second-order valence-electron chi connectivity index (χ2n) is 6.97. The molecule has 3 heteroatoms.